The second-order valence-electron chi connectivity index (χ2n) is 8.27. The average Bonchev–Trinajstić information content (AvgIpc) is 3.10. The number of aromatic nitrogens is 3. The minimum atomic E-state index is -0.0909. The van der Waals surface area contributed by atoms with Crippen LogP contribution in [0.3, 0.4) is 0 Å². The van der Waals surface area contributed by atoms with Crippen LogP contribution in [0.25, 0.3) is 22.2 Å². The van der Waals surface area contributed by atoms with Gasteiger partial charge in [0.05, 0.1) is 24.4 Å². The number of hydrogen-bond donors (Lipinski definition) is 1. The van der Waals surface area contributed by atoms with Gasteiger partial charge in [0.1, 0.15) is 11.5 Å². The van der Waals surface area contributed by atoms with Crippen LogP contribution in [0.5, 0.6) is 0 Å². The van der Waals surface area contributed by atoms with Gasteiger partial charge in [0.2, 0.25) is 0 Å². The highest BCUT2D eigenvalue weighted by Gasteiger charge is 2.25. The second kappa shape index (κ2) is 9.34. The third-order valence-corrected chi connectivity index (χ3v) is 5.90. The van der Waals surface area contributed by atoms with Crippen molar-refractivity contribution in [2.45, 2.75) is 6.42 Å². The number of benzene rings is 1. The van der Waals surface area contributed by atoms with Crippen molar-refractivity contribution < 1.29 is 9.53 Å². The minimum Gasteiger partial charge on any atom is -0.384 e. The lowest BCUT2D eigenvalue weighted by molar-refractivity contribution is 0.0731. The Morgan fingerprint density at radius 2 is 1.94 bits per heavy atom. The maximum absolute atomic E-state index is 13.4. The van der Waals surface area contributed by atoms with E-state index in [1.165, 1.54) is 5.56 Å². The van der Waals surface area contributed by atoms with Crippen molar-refractivity contribution in [1.82, 2.24) is 19.9 Å². The van der Waals surface area contributed by atoms with Gasteiger partial charge < -0.3 is 15.4 Å². The SMILES string of the molecule is Nc1ccc(-c2cccc(C(=O)N3CCOCC(Cc4cccc5cccnc45)C3)n2)cn1. The molecule has 4 aromatic rings. The van der Waals surface area contributed by atoms with Crippen molar-refractivity contribution in [2.24, 2.45) is 5.92 Å². The summed E-state index contributed by atoms with van der Waals surface area (Å²) in [6.45, 7) is 2.27. The highest BCUT2D eigenvalue weighted by Crippen LogP contribution is 2.22. The number of nitrogen functional groups attached to an aromatic ring is 1. The molecule has 1 atom stereocenters. The lowest BCUT2D eigenvalue weighted by atomic mass is 9.97. The molecule has 5 rings (SSSR count). The first-order valence-electron chi connectivity index (χ1n) is 11.1. The van der Waals surface area contributed by atoms with E-state index in [1.54, 1.807) is 18.3 Å². The van der Waals surface area contributed by atoms with E-state index < -0.39 is 0 Å². The molecule has 33 heavy (non-hydrogen) atoms. The van der Waals surface area contributed by atoms with Gasteiger partial charge in [0.25, 0.3) is 5.91 Å². The van der Waals surface area contributed by atoms with E-state index in [9.17, 15) is 4.79 Å². The third kappa shape index (κ3) is 4.68. The molecule has 1 saturated heterocycles. The summed E-state index contributed by atoms with van der Waals surface area (Å²) < 4.78 is 5.86. The maximum atomic E-state index is 13.4. The summed E-state index contributed by atoms with van der Waals surface area (Å²) in [5.74, 6) is 0.531. The van der Waals surface area contributed by atoms with Gasteiger partial charge in [-0.2, -0.15) is 0 Å². The fourth-order valence-corrected chi connectivity index (χ4v) is 4.26. The van der Waals surface area contributed by atoms with E-state index in [4.69, 9.17) is 10.5 Å². The molecule has 0 radical (unpaired) electrons. The Bertz CT molecular complexity index is 1270. The lowest BCUT2D eigenvalue weighted by Gasteiger charge is -2.24. The summed E-state index contributed by atoms with van der Waals surface area (Å²) in [6, 6.07) is 19.3. The van der Waals surface area contributed by atoms with Crippen LogP contribution in [-0.4, -0.2) is 52.1 Å². The van der Waals surface area contributed by atoms with Gasteiger partial charge in [-0.15, -0.1) is 0 Å². The summed E-state index contributed by atoms with van der Waals surface area (Å²) in [6.07, 6.45) is 4.28. The molecule has 0 aliphatic carbocycles. The van der Waals surface area contributed by atoms with Gasteiger partial charge in [0.15, 0.2) is 0 Å². The molecular formula is C26H25N5O2. The summed E-state index contributed by atoms with van der Waals surface area (Å²) in [7, 11) is 0. The number of amides is 1. The molecule has 4 heterocycles. The molecule has 1 aliphatic heterocycles. The van der Waals surface area contributed by atoms with Crippen LogP contribution in [0.1, 0.15) is 16.1 Å². The first kappa shape index (κ1) is 21.0. The zero-order valence-electron chi connectivity index (χ0n) is 18.2. The zero-order chi connectivity index (χ0) is 22.6. The Labute approximate surface area is 192 Å². The molecule has 0 bridgehead atoms. The topological polar surface area (TPSA) is 94.2 Å². The van der Waals surface area contributed by atoms with Crippen LogP contribution in [0, 0.1) is 5.92 Å². The molecule has 1 amide bonds. The highest BCUT2D eigenvalue weighted by molar-refractivity contribution is 5.93. The second-order valence-corrected chi connectivity index (χ2v) is 8.27. The van der Waals surface area contributed by atoms with Crippen molar-refractivity contribution in [3.8, 4) is 11.3 Å². The third-order valence-electron chi connectivity index (χ3n) is 5.90. The predicted octanol–water partition coefficient (Wildman–Crippen LogP) is 3.61. The summed E-state index contributed by atoms with van der Waals surface area (Å²) in [5, 5.41) is 1.12. The van der Waals surface area contributed by atoms with Crippen molar-refractivity contribution in [3.63, 3.8) is 0 Å². The molecule has 166 valence electrons. The van der Waals surface area contributed by atoms with Gasteiger partial charge >= 0.3 is 0 Å². The van der Waals surface area contributed by atoms with E-state index in [-0.39, 0.29) is 11.8 Å². The lowest BCUT2D eigenvalue weighted by Crippen LogP contribution is -2.37. The molecule has 0 spiro atoms. The Kier molecular flexibility index (Phi) is 5.95. The summed E-state index contributed by atoms with van der Waals surface area (Å²) >= 11 is 0. The normalized spacial score (nSPS) is 16.5. The number of carbonyl (C=O) groups excluding carboxylic acids is 1. The van der Waals surface area contributed by atoms with Crippen LogP contribution in [0.2, 0.25) is 0 Å². The smallest absolute Gasteiger partial charge is 0.272 e. The number of nitrogens with zero attached hydrogens (tertiary/aromatic N) is 4. The highest BCUT2D eigenvalue weighted by atomic mass is 16.5. The average molecular weight is 440 g/mol. The molecule has 1 aliphatic rings. The number of hydrogen-bond acceptors (Lipinski definition) is 6. The molecule has 3 aromatic heterocycles. The molecule has 1 aromatic carbocycles. The van der Waals surface area contributed by atoms with Gasteiger partial charge in [-0.1, -0.05) is 30.3 Å². The zero-order valence-corrected chi connectivity index (χ0v) is 18.2. The van der Waals surface area contributed by atoms with Crippen LogP contribution in [0.4, 0.5) is 5.82 Å². The van der Waals surface area contributed by atoms with Gasteiger partial charge in [0, 0.05) is 42.4 Å². The largest absolute Gasteiger partial charge is 0.384 e. The molecule has 7 heteroatoms. The van der Waals surface area contributed by atoms with Crippen molar-refractivity contribution in [1.29, 1.82) is 0 Å². The molecular weight excluding hydrogens is 414 g/mol. The number of pyridine rings is 3. The van der Waals surface area contributed by atoms with Crippen LogP contribution >= 0.6 is 0 Å². The van der Waals surface area contributed by atoms with E-state index >= 15 is 0 Å². The van der Waals surface area contributed by atoms with Crippen LogP contribution in [0.15, 0.2) is 73.1 Å². The first-order valence-corrected chi connectivity index (χ1v) is 11.1. The molecule has 0 saturated carbocycles. The summed E-state index contributed by atoms with van der Waals surface area (Å²) in [5.41, 5.74) is 9.79. The molecule has 2 N–H and O–H groups in total. The van der Waals surface area contributed by atoms with Crippen molar-refractivity contribution in [2.75, 3.05) is 32.0 Å². The number of anilines is 1. The summed E-state index contributed by atoms with van der Waals surface area (Å²) in [4.78, 5) is 28.5. The van der Waals surface area contributed by atoms with Crippen LogP contribution in [-0.2, 0) is 11.2 Å². The Hall–Kier alpha value is -3.84. The molecule has 7 nitrogen and oxygen atoms in total. The number of carbonyl (C=O) groups is 1. The molecule has 1 unspecified atom stereocenters. The Balaban J connectivity index is 1.35. The minimum absolute atomic E-state index is 0.0909. The first-order chi connectivity index (χ1) is 16.2. The van der Waals surface area contributed by atoms with Crippen LogP contribution < -0.4 is 5.73 Å². The number of ether oxygens (including phenoxy) is 1. The van der Waals surface area contributed by atoms with Gasteiger partial charge in [-0.3, -0.25) is 9.78 Å². The molecule has 1 fully saturated rings. The maximum Gasteiger partial charge on any atom is 0.272 e. The van der Waals surface area contributed by atoms with E-state index in [1.807, 2.05) is 35.4 Å². The fourth-order valence-electron chi connectivity index (χ4n) is 4.26. The quantitative estimate of drug-likeness (QED) is 0.522. The number of nitrogens with two attached hydrogens (primary N) is 1. The predicted molar refractivity (Wildman–Crippen MR) is 128 cm³/mol. The van der Waals surface area contributed by atoms with Crippen molar-refractivity contribution >= 4 is 22.6 Å². The monoisotopic (exact) mass is 439 g/mol. The van der Waals surface area contributed by atoms with Crippen molar-refractivity contribution in [3.05, 3.63) is 84.3 Å². The Morgan fingerprint density at radius 3 is 2.82 bits per heavy atom. The van der Waals surface area contributed by atoms with Gasteiger partial charge in [-0.05, 0) is 42.3 Å². The number of rotatable bonds is 4. The fraction of sp³-hybridized carbons (Fsp3) is 0.231. The van der Waals surface area contributed by atoms with Gasteiger partial charge in [-0.25, -0.2) is 9.97 Å². The standard InChI is InChI=1S/C26H25N5O2/c27-24-10-9-21(15-29-24)22-7-2-8-23(30-22)26(32)31-12-13-33-17-18(16-31)14-20-5-1-4-19-6-3-11-28-25(19)20/h1-11,15,18H,12-14,16-17H2,(H2,27,29). The number of para-hydroxylation sites is 1. The Morgan fingerprint density at radius 1 is 1.06 bits per heavy atom. The van der Waals surface area contributed by atoms with E-state index in [0.717, 1.165) is 22.9 Å². The number of fused-ring (bicyclic) bond motifs is 1. The van der Waals surface area contributed by atoms with E-state index in [0.29, 0.717) is 43.5 Å². The van der Waals surface area contributed by atoms with E-state index in [2.05, 4.69) is 39.2 Å².